The molecule has 139 heavy (non-hydrogen) atoms. The molecule has 836 valence electrons. The Labute approximate surface area is 850 Å². The van der Waals surface area contributed by atoms with E-state index in [1.807, 2.05) is 7.05 Å². The molecule has 45 nitrogen and oxygen atoms in total. The first-order chi connectivity index (χ1) is 68.5. The van der Waals surface area contributed by atoms with E-state index in [9.17, 15) is 0 Å². The maximum Gasteiger partial charge on any atom is 0.0110 e. The summed E-state index contributed by atoms with van der Waals surface area (Å²) >= 11 is 0. The highest BCUT2D eigenvalue weighted by molar-refractivity contribution is 4.79. The number of nitrogens with two attached hydrogens (primary N) is 13. The lowest BCUT2D eigenvalue weighted by molar-refractivity contribution is 0.186. The SMILES string of the molecule is CCN(CCNCCN(CCNCCN(CCNCCN)CCNCCN(CCNCCN)CCNCCN)CCNCCN(CCNCCN)CCN(CCN)CCNCCN)CCN(CCNCCNCCN(CCNCCN)CCN(CCNCCN)CCC(CCNCCN)CCN(CCNCCN)CCNCCN(CCN)CCNCCN)CCNCCN(CCNC)CCNCCN. The van der Waals surface area contributed by atoms with E-state index in [2.05, 4.69) is 172 Å². The molecule has 0 saturated carbocycles. The van der Waals surface area contributed by atoms with Crippen molar-refractivity contribution in [2.45, 2.75) is 26.2 Å². The van der Waals surface area contributed by atoms with Crippen molar-refractivity contribution in [3.8, 4) is 0 Å². The molecule has 0 aromatic heterocycles. The molecule has 0 aliphatic heterocycles. The van der Waals surface area contributed by atoms with Crippen LogP contribution in [0.25, 0.3) is 0 Å². The molecular formula is C94H235N45. The van der Waals surface area contributed by atoms with Crippen molar-refractivity contribution < 1.29 is 0 Å². The molecule has 0 bridgehead atoms. The van der Waals surface area contributed by atoms with Crippen LogP contribution in [-0.2, 0) is 0 Å². The van der Waals surface area contributed by atoms with Crippen molar-refractivity contribution in [3.63, 3.8) is 0 Å². The van der Waals surface area contributed by atoms with E-state index in [0.29, 0.717) is 91.0 Å². The molecule has 0 spiro atoms. The third-order valence-corrected chi connectivity index (χ3v) is 25.2. The molecule has 0 fully saturated rings. The summed E-state index contributed by atoms with van der Waals surface area (Å²) < 4.78 is 0. The molecule has 45 heteroatoms. The quantitative estimate of drug-likeness (QED) is 0.0251. The van der Waals surface area contributed by atoms with Crippen LogP contribution in [0.3, 0.4) is 0 Å². The fraction of sp³-hybridized carbons (Fsp3) is 1.00. The molecular weight excluding hydrogens is 1760 g/mol. The summed E-state index contributed by atoms with van der Waals surface area (Å²) in [6, 6.07) is 0. The van der Waals surface area contributed by atoms with Crippen molar-refractivity contribution in [1.82, 2.24) is 165 Å². The predicted octanol–water partition coefficient (Wildman–Crippen LogP) is -15.7. The van der Waals surface area contributed by atoms with Gasteiger partial charge >= 0.3 is 0 Å². The monoisotopic (exact) mass is 1990 g/mol. The van der Waals surface area contributed by atoms with Crippen LogP contribution in [0.2, 0.25) is 0 Å². The second-order valence-corrected chi connectivity index (χ2v) is 36.5. The molecule has 0 amide bonds. The zero-order valence-corrected chi connectivity index (χ0v) is 89.8. The summed E-state index contributed by atoms with van der Waals surface area (Å²) in [5.41, 5.74) is 76.7. The van der Waals surface area contributed by atoms with Gasteiger partial charge in [-0.05, 0) is 58.4 Å². The molecule has 0 aliphatic rings. The van der Waals surface area contributed by atoms with Gasteiger partial charge in [0, 0.05) is 550 Å². The Morgan fingerprint density at radius 1 is 0.129 bits per heavy atom. The number of hydrogen-bond acceptors (Lipinski definition) is 45. The highest BCUT2D eigenvalue weighted by atomic mass is 15.3. The minimum Gasteiger partial charge on any atom is -0.329 e. The summed E-state index contributed by atoms with van der Waals surface area (Å²) in [4.78, 5) is 31.0. The number of rotatable bonds is 123. The Morgan fingerprint density at radius 3 is 0.453 bits per heavy atom. The number of hydrogen-bond donors (Lipinski definition) is 33. The van der Waals surface area contributed by atoms with E-state index >= 15 is 0 Å². The lowest BCUT2D eigenvalue weighted by Gasteiger charge is -2.30. The van der Waals surface area contributed by atoms with Gasteiger partial charge in [0.15, 0.2) is 0 Å². The van der Waals surface area contributed by atoms with Gasteiger partial charge in [0.05, 0.1) is 0 Å². The van der Waals surface area contributed by atoms with Gasteiger partial charge in [0.2, 0.25) is 0 Å². The molecule has 0 aromatic rings. The van der Waals surface area contributed by atoms with Crippen LogP contribution < -0.4 is 181 Å². The highest BCUT2D eigenvalue weighted by Gasteiger charge is 2.20. The minimum atomic E-state index is 0.570. The highest BCUT2D eigenvalue weighted by Crippen LogP contribution is 2.16. The molecule has 0 rings (SSSR count). The van der Waals surface area contributed by atoms with Gasteiger partial charge in [-0.1, -0.05) is 6.92 Å². The van der Waals surface area contributed by atoms with Crippen LogP contribution in [-0.4, -0.2) is 642 Å². The predicted molar refractivity (Wildman–Crippen MR) is 596 cm³/mol. The normalized spacial score (nSPS) is 12.6. The molecule has 1 atom stereocenters. The van der Waals surface area contributed by atoms with E-state index in [-0.39, 0.29) is 0 Å². The van der Waals surface area contributed by atoms with Crippen molar-refractivity contribution in [3.05, 3.63) is 0 Å². The van der Waals surface area contributed by atoms with Crippen LogP contribution in [0, 0.1) is 5.92 Å². The van der Waals surface area contributed by atoms with Crippen molar-refractivity contribution in [1.29, 1.82) is 0 Å². The van der Waals surface area contributed by atoms with E-state index in [1.165, 1.54) is 0 Å². The van der Waals surface area contributed by atoms with Crippen molar-refractivity contribution >= 4 is 0 Å². The number of likely N-dealkylation sites (N-methyl/N-ethyl adjacent to an activating group) is 2. The maximum atomic E-state index is 6.11. The van der Waals surface area contributed by atoms with Gasteiger partial charge in [-0.25, -0.2) is 0 Å². The zero-order chi connectivity index (χ0) is 101. The van der Waals surface area contributed by atoms with E-state index in [0.717, 1.165) is 510 Å². The standard InChI is InChI=1S/C94H235N45/c1-3-128(64-35-122-51-76-136(81-56-127-58-87-139(83-45-119-31-17-105)93-91-132(62-19-107)70-39-113-25-11-99)80-55-125-54-79-135(74-43-117-29-15-103)78-53-124-52-77-134(72-41-115-27-13-101)73-42-116-28-14-102)88-89-137(86-57-126-50-75-133(63-34-108-2)71-40-114-26-12-100)84-46-120-32-33-121-47-85-138(82-44-118-30-16-104)92-90-130(67-37-111-23-9-97)60-6-94(4-20-109-21-7-95)5-59-129(65-36-110-22-8-96)66-48-123-49-69-131(61-18-106)68-38-112-24-10-98/h94,108-127H,3-93,95-107H2,1-2H3. The average Bonchev–Trinajstić information content (AvgIpc) is 0.930. The Balaban J connectivity index is 6.42. The Kier molecular flexibility index (Phi) is 112. The third-order valence-electron chi connectivity index (χ3n) is 25.2. The summed E-state index contributed by atoms with van der Waals surface area (Å²) in [5, 5.41) is 72.8. The first-order valence-corrected chi connectivity index (χ1v) is 55.4. The molecule has 46 N–H and O–H groups in total. The second kappa shape index (κ2) is 113. The molecule has 1 unspecified atom stereocenters. The summed E-state index contributed by atoms with van der Waals surface area (Å²) in [5.74, 6) is 0.570. The largest absolute Gasteiger partial charge is 0.329 e. The third kappa shape index (κ3) is 95.6. The summed E-state index contributed by atoms with van der Waals surface area (Å²) in [6.07, 6.45) is 3.41. The van der Waals surface area contributed by atoms with Gasteiger partial charge in [-0.3, -0.25) is 44.1 Å². The first-order valence-electron chi connectivity index (χ1n) is 55.4. The minimum absolute atomic E-state index is 0.570. The van der Waals surface area contributed by atoms with Crippen LogP contribution >= 0.6 is 0 Å². The first kappa shape index (κ1) is 137. The Morgan fingerprint density at radius 2 is 0.266 bits per heavy atom. The molecule has 0 saturated heterocycles. The average molecular weight is 2000 g/mol. The number of nitrogens with one attached hydrogen (secondary N) is 20. The van der Waals surface area contributed by atoms with E-state index < -0.39 is 0 Å². The number of nitrogens with zero attached hydrogens (tertiary/aromatic N) is 12. The van der Waals surface area contributed by atoms with Crippen molar-refractivity contribution in [2.75, 3.05) is 583 Å². The lowest BCUT2D eigenvalue weighted by Crippen LogP contribution is -2.46. The van der Waals surface area contributed by atoms with Crippen LogP contribution in [0.4, 0.5) is 0 Å². The van der Waals surface area contributed by atoms with Gasteiger partial charge in [0.1, 0.15) is 0 Å². The van der Waals surface area contributed by atoms with Gasteiger partial charge < -0.3 is 196 Å². The summed E-state index contributed by atoms with van der Waals surface area (Å²) in [6.45, 7) is 81.3. The maximum absolute atomic E-state index is 6.11. The molecule has 0 radical (unpaired) electrons. The lowest BCUT2D eigenvalue weighted by atomic mass is 9.96. The van der Waals surface area contributed by atoms with E-state index in [1.54, 1.807) is 0 Å². The van der Waals surface area contributed by atoms with Gasteiger partial charge in [0.25, 0.3) is 0 Å². The zero-order valence-electron chi connectivity index (χ0n) is 89.8. The Hall–Kier alpha value is -1.80. The fourth-order valence-electron chi connectivity index (χ4n) is 16.4. The summed E-state index contributed by atoms with van der Waals surface area (Å²) in [7, 11) is 2.04. The smallest absolute Gasteiger partial charge is 0.0110 e. The van der Waals surface area contributed by atoms with Crippen LogP contribution in [0.5, 0.6) is 0 Å². The topological polar surface area (TPSA) is 618 Å². The van der Waals surface area contributed by atoms with Crippen LogP contribution in [0.15, 0.2) is 0 Å². The second-order valence-electron chi connectivity index (χ2n) is 36.5. The fourth-order valence-corrected chi connectivity index (χ4v) is 16.4. The van der Waals surface area contributed by atoms with Gasteiger partial charge in [-0.2, -0.15) is 0 Å². The molecule has 0 aliphatic carbocycles. The van der Waals surface area contributed by atoms with Crippen LogP contribution in [0.1, 0.15) is 26.2 Å². The van der Waals surface area contributed by atoms with E-state index in [4.69, 9.17) is 74.5 Å². The molecule has 0 aromatic carbocycles. The van der Waals surface area contributed by atoms with Crippen molar-refractivity contribution in [2.24, 2.45) is 80.5 Å². The molecule has 0 heterocycles. The van der Waals surface area contributed by atoms with Gasteiger partial charge in [-0.15, -0.1) is 0 Å². The Bertz CT molecular complexity index is 2280.